The maximum Gasteiger partial charge on any atom is 0.262 e. The number of alkyl halides is 2. The van der Waals surface area contributed by atoms with Crippen LogP contribution in [-0.2, 0) is 9.59 Å². The van der Waals surface area contributed by atoms with Gasteiger partial charge in [0.15, 0.2) is 0 Å². The molecule has 152 valence electrons. The van der Waals surface area contributed by atoms with Crippen LogP contribution in [-0.4, -0.2) is 36.2 Å². The highest BCUT2D eigenvalue weighted by Gasteiger charge is 2.56. The summed E-state index contributed by atoms with van der Waals surface area (Å²) in [6.45, 7) is 7.30. The number of nitrogens with two attached hydrogens (primary N) is 1. The second-order valence-electron chi connectivity index (χ2n) is 7.73. The third-order valence-electron chi connectivity index (χ3n) is 6.29. The number of carbonyl (C=O) groups excluding carboxylic acids is 2. The summed E-state index contributed by atoms with van der Waals surface area (Å²) in [6, 6.07) is 0. The van der Waals surface area contributed by atoms with E-state index >= 15 is 4.39 Å². The van der Waals surface area contributed by atoms with Gasteiger partial charge in [-0.3, -0.25) is 9.59 Å². The van der Waals surface area contributed by atoms with Crippen LogP contribution in [0.3, 0.4) is 0 Å². The van der Waals surface area contributed by atoms with Crippen LogP contribution in [0.4, 0.5) is 13.2 Å². The zero-order valence-corrected chi connectivity index (χ0v) is 15.9. The van der Waals surface area contributed by atoms with Gasteiger partial charge in [-0.1, -0.05) is 13.5 Å². The first-order valence-corrected chi connectivity index (χ1v) is 9.21. The van der Waals surface area contributed by atoms with Crippen molar-refractivity contribution < 1.29 is 22.8 Å². The summed E-state index contributed by atoms with van der Waals surface area (Å²) in [4.78, 5) is 25.5. The number of hydrogen-bond donors (Lipinski definition) is 2. The summed E-state index contributed by atoms with van der Waals surface area (Å²) in [7, 11) is 0. The van der Waals surface area contributed by atoms with Gasteiger partial charge < -0.3 is 16.0 Å². The van der Waals surface area contributed by atoms with Crippen molar-refractivity contribution in [3.05, 3.63) is 47.1 Å². The predicted molar refractivity (Wildman–Crippen MR) is 98.3 cm³/mol. The van der Waals surface area contributed by atoms with E-state index in [2.05, 4.69) is 11.9 Å². The molecular weight excluding hydrogens is 371 g/mol. The minimum atomic E-state index is -2.82. The second kappa shape index (κ2) is 7.14. The summed E-state index contributed by atoms with van der Waals surface area (Å²) in [5, 5.41) is 2.85. The van der Waals surface area contributed by atoms with Crippen molar-refractivity contribution in [3.8, 4) is 0 Å². The van der Waals surface area contributed by atoms with Gasteiger partial charge in [-0.25, -0.2) is 13.2 Å². The largest absolute Gasteiger partial charge is 0.366 e. The number of fused-ring (bicyclic) bond motifs is 1. The fourth-order valence-corrected chi connectivity index (χ4v) is 4.78. The Kier molecular flexibility index (Phi) is 5.16. The fourth-order valence-electron chi connectivity index (χ4n) is 4.78. The topological polar surface area (TPSA) is 75.4 Å². The number of rotatable bonds is 4. The number of halogens is 3. The van der Waals surface area contributed by atoms with Crippen molar-refractivity contribution in [2.75, 3.05) is 13.1 Å². The molecule has 8 heteroatoms. The van der Waals surface area contributed by atoms with Gasteiger partial charge in [0, 0.05) is 41.4 Å². The van der Waals surface area contributed by atoms with Gasteiger partial charge in [0.05, 0.1) is 5.57 Å². The molecule has 0 bridgehead atoms. The standard InChI is InChI=1S/C20H24F3N3O2/c1-4-14(27)26-7-5-6-11(9-26)20(3)13(21)8-12(19(24)28)17-16(20)15(18(22)23)10(2)25-17/h4,8,11,16,18,25H,1,5-7,9H2,2-3H3,(H2,24,28)/t11-,16?,20?/m1/s1. The van der Waals surface area contributed by atoms with Crippen molar-refractivity contribution in [2.24, 2.45) is 23.0 Å². The van der Waals surface area contributed by atoms with Gasteiger partial charge in [-0.15, -0.1) is 0 Å². The Hall–Kier alpha value is -2.51. The molecule has 0 aromatic carbocycles. The number of likely N-dealkylation sites (tertiary alicyclic amines) is 1. The van der Waals surface area contributed by atoms with Gasteiger partial charge in [0.1, 0.15) is 5.83 Å². The number of amides is 2. The minimum Gasteiger partial charge on any atom is -0.366 e. The number of nitrogens with one attached hydrogen (secondary N) is 1. The average Bonchev–Trinajstić information content (AvgIpc) is 3.01. The lowest BCUT2D eigenvalue weighted by Crippen LogP contribution is -2.50. The molecule has 0 radical (unpaired) electrons. The molecule has 1 aliphatic carbocycles. The molecule has 3 atom stereocenters. The third kappa shape index (κ3) is 2.95. The Balaban J connectivity index is 2.11. The highest BCUT2D eigenvalue weighted by Crippen LogP contribution is 2.57. The molecule has 28 heavy (non-hydrogen) atoms. The fraction of sp³-hybridized carbons (Fsp3) is 0.500. The summed E-state index contributed by atoms with van der Waals surface area (Å²) in [5.41, 5.74) is 4.13. The molecule has 0 saturated carbocycles. The maximum absolute atomic E-state index is 15.4. The molecular formula is C20H24F3N3O2. The summed E-state index contributed by atoms with van der Waals surface area (Å²) in [6.07, 6.45) is 0.631. The van der Waals surface area contributed by atoms with Crippen LogP contribution in [0.2, 0.25) is 0 Å². The lowest BCUT2D eigenvalue weighted by molar-refractivity contribution is -0.129. The van der Waals surface area contributed by atoms with Gasteiger partial charge >= 0.3 is 0 Å². The van der Waals surface area contributed by atoms with Crippen LogP contribution in [0.5, 0.6) is 0 Å². The zero-order valence-electron chi connectivity index (χ0n) is 15.9. The number of hydrogen-bond acceptors (Lipinski definition) is 3. The summed E-state index contributed by atoms with van der Waals surface area (Å²) >= 11 is 0. The minimum absolute atomic E-state index is 0.121. The number of primary amides is 1. The van der Waals surface area contributed by atoms with E-state index in [1.165, 1.54) is 13.0 Å². The smallest absolute Gasteiger partial charge is 0.262 e. The number of carbonyl (C=O) groups is 2. The molecule has 0 aromatic heterocycles. The molecule has 1 fully saturated rings. The number of allylic oxidation sites excluding steroid dienone is 3. The summed E-state index contributed by atoms with van der Waals surface area (Å²) < 4.78 is 43.3. The number of piperidine rings is 1. The second-order valence-corrected chi connectivity index (χ2v) is 7.73. The lowest BCUT2D eigenvalue weighted by Gasteiger charge is -2.48. The Morgan fingerprint density at radius 3 is 2.71 bits per heavy atom. The van der Waals surface area contributed by atoms with Crippen LogP contribution in [0.15, 0.2) is 47.1 Å². The maximum atomic E-state index is 15.4. The van der Waals surface area contributed by atoms with Gasteiger partial charge in [0.2, 0.25) is 5.91 Å². The third-order valence-corrected chi connectivity index (χ3v) is 6.29. The molecule has 0 aromatic rings. The number of nitrogens with zero attached hydrogens (tertiary/aromatic N) is 1. The van der Waals surface area contributed by atoms with Crippen molar-refractivity contribution >= 4 is 11.8 Å². The van der Waals surface area contributed by atoms with Gasteiger partial charge in [-0.05, 0) is 37.8 Å². The van der Waals surface area contributed by atoms with Crippen molar-refractivity contribution in [2.45, 2.75) is 33.1 Å². The molecule has 1 saturated heterocycles. The van der Waals surface area contributed by atoms with E-state index in [1.54, 1.807) is 11.8 Å². The van der Waals surface area contributed by atoms with Crippen molar-refractivity contribution in [1.82, 2.24) is 10.2 Å². The Morgan fingerprint density at radius 1 is 1.46 bits per heavy atom. The molecule has 2 unspecified atom stereocenters. The molecule has 3 rings (SSSR count). The molecule has 3 N–H and O–H groups in total. The molecule has 0 spiro atoms. The van der Waals surface area contributed by atoms with Gasteiger partial charge in [-0.2, -0.15) is 0 Å². The Labute approximate surface area is 161 Å². The van der Waals surface area contributed by atoms with E-state index in [4.69, 9.17) is 5.73 Å². The van der Waals surface area contributed by atoms with E-state index in [9.17, 15) is 18.4 Å². The van der Waals surface area contributed by atoms with E-state index in [1.807, 2.05) is 0 Å². The monoisotopic (exact) mass is 395 g/mol. The van der Waals surface area contributed by atoms with Crippen LogP contribution in [0.1, 0.15) is 26.7 Å². The van der Waals surface area contributed by atoms with Crippen LogP contribution in [0, 0.1) is 17.3 Å². The molecule has 3 aliphatic rings. The molecule has 2 heterocycles. The predicted octanol–water partition coefficient (Wildman–Crippen LogP) is 2.78. The Morgan fingerprint density at radius 2 is 2.14 bits per heavy atom. The van der Waals surface area contributed by atoms with Crippen LogP contribution >= 0.6 is 0 Å². The SMILES string of the molecule is C=CC(=O)N1CCC[C@@H](C2(C)C(F)=CC(C(N)=O)=C3NC(C)=C(C(F)F)C32)C1. The van der Waals surface area contributed by atoms with Crippen LogP contribution in [0.25, 0.3) is 0 Å². The first kappa shape index (κ1) is 20.2. The quantitative estimate of drug-likeness (QED) is 0.719. The first-order chi connectivity index (χ1) is 13.1. The van der Waals surface area contributed by atoms with Gasteiger partial charge in [0.25, 0.3) is 12.3 Å². The average molecular weight is 395 g/mol. The lowest BCUT2D eigenvalue weighted by atomic mass is 9.59. The zero-order chi connectivity index (χ0) is 20.8. The highest BCUT2D eigenvalue weighted by molar-refractivity contribution is 5.96. The molecule has 2 aliphatic heterocycles. The van der Waals surface area contributed by atoms with Crippen LogP contribution < -0.4 is 11.1 Å². The van der Waals surface area contributed by atoms with Crippen molar-refractivity contribution in [1.29, 1.82) is 0 Å². The molecule has 5 nitrogen and oxygen atoms in total. The van der Waals surface area contributed by atoms with E-state index < -0.39 is 35.4 Å². The molecule has 2 amide bonds. The van der Waals surface area contributed by atoms with E-state index in [0.29, 0.717) is 19.4 Å². The van der Waals surface area contributed by atoms with Crippen molar-refractivity contribution in [3.63, 3.8) is 0 Å². The first-order valence-electron chi connectivity index (χ1n) is 9.21. The van der Waals surface area contributed by atoms with E-state index in [-0.39, 0.29) is 35.0 Å². The normalized spacial score (nSPS) is 30.2. The summed E-state index contributed by atoms with van der Waals surface area (Å²) in [5.74, 6) is -3.25. The Bertz CT molecular complexity index is 831. The highest BCUT2D eigenvalue weighted by atomic mass is 19.3. The van der Waals surface area contributed by atoms with E-state index in [0.717, 1.165) is 6.08 Å².